The molecule has 0 atom stereocenters. The zero-order chi connectivity index (χ0) is 18.9. The van der Waals surface area contributed by atoms with E-state index in [1.165, 1.54) is 39.9 Å². The predicted molar refractivity (Wildman–Crippen MR) is 99.6 cm³/mol. The highest BCUT2D eigenvalue weighted by molar-refractivity contribution is 7.89. The molecule has 3 rings (SSSR count). The second kappa shape index (κ2) is 7.19. The van der Waals surface area contributed by atoms with Crippen LogP contribution in [0.15, 0.2) is 35.2 Å². The average Bonchev–Trinajstić information content (AvgIpc) is 3.00. The zero-order valence-corrected chi connectivity index (χ0v) is 16.2. The van der Waals surface area contributed by atoms with E-state index in [2.05, 4.69) is 0 Å². The largest absolute Gasteiger partial charge is 0.335 e. The summed E-state index contributed by atoms with van der Waals surface area (Å²) in [7, 11) is -3.61. The Bertz CT molecular complexity index is 945. The van der Waals surface area contributed by atoms with Crippen molar-refractivity contribution in [3.05, 3.63) is 51.2 Å². The van der Waals surface area contributed by atoms with Gasteiger partial charge in [-0.3, -0.25) is 4.79 Å². The maximum Gasteiger partial charge on any atom is 0.264 e. The highest BCUT2D eigenvalue weighted by atomic mass is 32.2. The van der Waals surface area contributed by atoms with Crippen molar-refractivity contribution in [3.8, 4) is 6.07 Å². The summed E-state index contributed by atoms with van der Waals surface area (Å²) in [6, 6.07) is 9.75. The van der Waals surface area contributed by atoms with Crippen LogP contribution < -0.4 is 0 Å². The second-order valence-corrected chi connectivity index (χ2v) is 9.38. The van der Waals surface area contributed by atoms with Crippen molar-refractivity contribution >= 4 is 27.3 Å². The van der Waals surface area contributed by atoms with E-state index in [0.29, 0.717) is 23.5 Å². The van der Waals surface area contributed by atoms with Gasteiger partial charge in [0.2, 0.25) is 10.0 Å². The summed E-state index contributed by atoms with van der Waals surface area (Å²) in [5, 5.41) is 8.83. The van der Waals surface area contributed by atoms with Gasteiger partial charge in [-0.25, -0.2) is 8.42 Å². The Labute approximate surface area is 157 Å². The van der Waals surface area contributed by atoms with E-state index in [9.17, 15) is 13.2 Å². The number of rotatable bonds is 3. The minimum absolute atomic E-state index is 0.0402. The van der Waals surface area contributed by atoms with Gasteiger partial charge in [-0.15, -0.1) is 11.3 Å². The molecule has 1 aromatic carbocycles. The first kappa shape index (κ1) is 18.6. The summed E-state index contributed by atoms with van der Waals surface area (Å²) >= 11 is 1.47. The van der Waals surface area contributed by atoms with Crippen LogP contribution in [0.5, 0.6) is 0 Å². The molecule has 2 heterocycles. The molecule has 8 heteroatoms. The topological polar surface area (TPSA) is 81.5 Å². The molecule has 6 nitrogen and oxygen atoms in total. The van der Waals surface area contributed by atoms with Gasteiger partial charge in [-0.2, -0.15) is 9.57 Å². The van der Waals surface area contributed by atoms with Gasteiger partial charge >= 0.3 is 0 Å². The number of carbonyl (C=O) groups is 1. The van der Waals surface area contributed by atoms with Crippen LogP contribution in [0.4, 0.5) is 0 Å². The molecule has 1 amide bonds. The Morgan fingerprint density at radius 1 is 1.12 bits per heavy atom. The predicted octanol–water partition coefficient (Wildman–Crippen LogP) is 2.38. The standard InChI is InChI=1S/C18H19N3O3S2/c1-13-11-17(25-14(13)2)18(22)20-7-9-21(10-8-20)26(23,24)16-5-3-15(12-19)4-6-16/h3-6,11H,7-10H2,1-2H3. The molecule has 1 aliphatic rings. The monoisotopic (exact) mass is 389 g/mol. The molecule has 0 bridgehead atoms. The summed E-state index contributed by atoms with van der Waals surface area (Å²) < 4.78 is 26.8. The van der Waals surface area contributed by atoms with Crippen molar-refractivity contribution in [2.24, 2.45) is 0 Å². The third kappa shape index (κ3) is 3.51. The molecule has 136 valence electrons. The van der Waals surface area contributed by atoms with E-state index in [1.807, 2.05) is 26.0 Å². The number of nitrogens with zero attached hydrogens (tertiary/aromatic N) is 3. The van der Waals surface area contributed by atoms with Crippen LogP contribution >= 0.6 is 11.3 Å². The molecular weight excluding hydrogens is 370 g/mol. The Kier molecular flexibility index (Phi) is 5.14. The summed E-state index contributed by atoms with van der Waals surface area (Å²) in [5.41, 5.74) is 1.52. The molecule has 0 N–H and O–H groups in total. The summed E-state index contributed by atoms with van der Waals surface area (Å²) in [6.45, 7) is 5.22. The molecular formula is C18H19N3O3S2. The van der Waals surface area contributed by atoms with E-state index in [0.717, 1.165) is 10.4 Å². The first-order valence-corrected chi connectivity index (χ1v) is 10.4. The van der Waals surface area contributed by atoms with Crippen molar-refractivity contribution in [2.75, 3.05) is 26.2 Å². The lowest BCUT2D eigenvalue weighted by molar-refractivity contribution is 0.0702. The maximum atomic E-state index is 12.7. The summed E-state index contributed by atoms with van der Waals surface area (Å²) in [4.78, 5) is 16.3. The SMILES string of the molecule is Cc1cc(C(=O)N2CCN(S(=O)(=O)c3ccc(C#N)cc3)CC2)sc1C. The van der Waals surface area contributed by atoms with Crippen molar-refractivity contribution < 1.29 is 13.2 Å². The number of thiophene rings is 1. The van der Waals surface area contributed by atoms with E-state index in [-0.39, 0.29) is 23.9 Å². The number of hydrogen-bond donors (Lipinski definition) is 0. The Morgan fingerprint density at radius 2 is 1.73 bits per heavy atom. The van der Waals surface area contributed by atoms with Crippen LogP contribution in [0.3, 0.4) is 0 Å². The van der Waals surface area contributed by atoms with Gasteiger partial charge in [-0.1, -0.05) is 0 Å². The Balaban J connectivity index is 1.69. The first-order valence-electron chi connectivity index (χ1n) is 8.19. The average molecular weight is 390 g/mol. The Hall–Kier alpha value is -2.21. The fourth-order valence-electron chi connectivity index (χ4n) is 2.82. The van der Waals surface area contributed by atoms with Crippen molar-refractivity contribution in [3.63, 3.8) is 0 Å². The maximum absolute atomic E-state index is 12.7. The van der Waals surface area contributed by atoms with Crippen molar-refractivity contribution in [1.29, 1.82) is 5.26 Å². The number of carbonyl (C=O) groups excluding carboxylic acids is 1. The van der Waals surface area contributed by atoms with Gasteiger partial charge in [0.05, 0.1) is 21.4 Å². The number of piperazine rings is 1. The summed E-state index contributed by atoms with van der Waals surface area (Å²) in [6.07, 6.45) is 0. The molecule has 0 radical (unpaired) electrons. The second-order valence-electron chi connectivity index (χ2n) is 6.18. The van der Waals surface area contributed by atoms with Gasteiger partial charge in [0.1, 0.15) is 0 Å². The number of hydrogen-bond acceptors (Lipinski definition) is 5. The van der Waals surface area contributed by atoms with Crippen molar-refractivity contribution in [1.82, 2.24) is 9.21 Å². The highest BCUT2D eigenvalue weighted by Crippen LogP contribution is 2.24. The van der Waals surface area contributed by atoms with Gasteiger partial charge in [0.25, 0.3) is 5.91 Å². The molecule has 26 heavy (non-hydrogen) atoms. The van der Waals surface area contributed by atoms with E-state index < -0.39 is 10.0 Å². The molecule has 1 aliphatic heterocycles. The molecule has 1 saturated heterocycles. The molecule has 0 unspecified atom stereocenters. The van der Waals surface area contributed by atoms with Crippen LogP contribution in [-0.4, -0.2) is 49.7 Å². The molecule has 2 aromatic rings. The fourth-order valence-corrected chi connectivity index (χ4v) is 5.24. The minimum Gasteiger partial charge on any atom is -0.335 e. The molecule has 1 fully saturated rings. The lowest BCUT2D eigenvalue weighted by atomic mass is 10.2. The lowest BCUT2D eigenvalue weighted by Gasteiger charge is -2.33. The third-order valence-electron chi connectivity index (χ3n) is 4.52. The van der Waals surface area contributed by atoms with E-state index >= 15 is 0 Å². The smallest absolute Gasteiger partial charge is 0.264 e. The van der Waals surface area contributed by atoms with Crippen LogP contribution in [0.1, 0.15) is 25.7 Å². The Morgan fingerprint density at radius 3 is 2.23 bits per heavy atom. The third-order valence-corrected chi connectivity index (χ3v) is 7.58. The van der Waals surface area contributed by atoms with Crippen molar-refractivity contribution in [2.45, 2.75) is 18.7 Å². The summed E-state index contributed by atoms with van der Waals surface area (Å²) in [5.74, 6) is -0.0402. The molecule has 1 aromatic heterocycles. The lowest BCUT2D eigenvalue weighted by Crippen LogP contribution is -2.50. The van der Waals surface area contributed by atoms with E-state index in [1.54, 1.807) is 4.90 Å². The van der Waals surface area contributed by atoms with Crippen LogP contribution in [0.2, 0.25) is 0 Å². The van der Waals surface area contributed by atoms with Gasteiger partial charge in [-0.05, 0) is 49.7 Å². The van der Waals surface area contributed by atoms with E-state index in [4.69, 9.17) is 5.26 Å². The van der Waals surface area contributed by atoms with Gasteiger partial charge in [0.15, 0.2) is 0 Å². The van der Waals surface area contributed by atoms with Crippen LogP contribution in [0.25, 0.3) is 0 Å². The fraction of sp³-hybridized carbons (Fsp3) is 0.333. The van der Waals surface area contributed by atoms with Gasteiger partial charge < -0.3 is 4.90 Å². The normalized spacial score (nSPS) is 15.7. The van der Waals surface area contributed by atoms with Crippen LogP contribution in [0, 0.1) is 25.2 Å². The number of amides is 1. The first-order chi connectivity index (χ1) is 12.3. The molecule has 0 aliphatic carbocycles. The number of benzene rings is 1. The van der Waals surface area contributed by atoms with Gasteiger partial charge in [0, 0.05) is 31.1 Å². The quantitative estimate of drug-likeness (QED) is 0.807. The van der Waals surface area contributed by atoms with Crippen LogP contribution in [-0.2, 0) is 10.0 Å². The number of aryl methyl sites for hydroxylation is 2. The highest BCUT2D eigenvalue weighted by Gasteiger charge is 2.30. The zero-order valence-electron chi connectivity index (χ0n) is 14.6. The minimum atomic E-state index is -3.61. The number of nitriles is 1. The molecule has 0 saturated carbocycles. The number of sulfonamides is 1. The molecule has 0 spiro atoms.